The van der Waals surface area contributed by atoms with Crippen LogP contribution in [0, 0.1) is 5.92 Å². The lowest BCUT2D eigenvalue weighted by Crippen LogP contribution is -2.34. The molecule has 0 radical (unpaired) electrons. The Morgan fingerprint density at radius 1 is 1.23 bits per heavy atom. The number of ether oxygens (including phenoxy) is 3. The summed E-state index contributed by atoms with van der Waals surface area (Å²) in [5, 5.41) is 0. The van der Waals surface area contributed by atoms with Gasteiger partial charge in [-0.05, 0) is 32.9 Å². The molecule has 0 spiro atoms. The number of carbonyl (C=O) groups excluding carboxylic acids is 3. The fraction of sp³-hybridized carbons (Fsp3) is 0.450. The van der Waals surface area contributed by atoms with Crippen LogP contribution in [0.15, 0.2) is 47.1 Å². The van der Waals surface area contributed by atoms with Crippen LogP contribution in [0.4, 0.5) is 0 Å². The Morgan fingerprint density at radius 2 is 1.96 bits per heavy atom. The van der Waals surface area contributed by atoms with Crippen LogP contribution in [0.2, 0.25) is 0 Å². The Kier molecular flexibility index (Phi) is 4.85. The second-order valence-corrected chi connectivity index (χ2v) is 6.89. The van der Waals surface area contributed by atoms with Crippen molar-refractivity contribution < 1.29 is 28.6 Å². The van der Waals surface area contributed by atoms with Crippen LogP contribution in [0.1, 0.15) is 33.6 Å². The summed E-state index contributed by atoms with van der Waals surface area (Å²) in [5.74, 6) is -1.96. The fourth-order valence-electron chi connectivity index (χ4n) is 3.44. The van der Waals surface area contributed by atoms with Crippen LogP contribution >= 0.6 is 0 Å². The minimum absolute atomic E-state index is 0.155. The number of hydrogen-bond acceptors (Lipinski definition) is 6. The molecule has 0 aromatic carbocycles. The fourth-order valence-corrected chi connectivity index (χ4v) is 3.44. The van der Waals surface area contributed by atoms with Gasteiger partial charge in [0.2, 0.25) is 0 Å². The first-order valence-electron chi connectivity index (χ1n) is 8.62. The Hall–Kier alpha value is -2.63. The van der Waals surface area contributed by atoms with Crippen LogP contribution in [0.25, 0.3) is 0 Å². The Morgan fingerprint density at radius 3 is 2.65 bits per heavy atom. The largest absolute Gasteiger partial charge is 0.458 e. The molecule has 2 aliphatic heterocycles. The highest BCUT2D eigenvalue weighted by atomic mass is 16.6. The maximum absolute atomic E-state index is 12.3. The molecule has 4 atom stereocenters. The third-order valence-corrected chi connectivity index (χ3v) is 4.98. The smallest absolute Gasteiger partial charge is 0.334 e. The van der Waals surface area contributed by atoms with E-state index >= 15 is 0 Å². The van der Waals surface area contributed by atoms with E-state index in [1.165, 1.54) is 0 Å². The standard InChI is InChI=1S/C20H22O6/c1-5-11(3)18(21)25-16-9-13-8-14(24-20(13)23)6-10(2)7-15-17(16)12(4)19(22)26-15/h5,7-8,14-17H,4,6,9H2,1-3H3/b10-7-,11-5+/t14-,15+,16-,17?/m0/s1. The zero-order valence-electron chi connectivity index (χ0n) is 15.1. The molecular formula is C20H22O6. The first-order valence-corrected chi connectivity index (χ1v) is 8.62. The first kappa shape index (κ1) is 18.2. The maximum atomic E-state index is 12.3. The third-order valence-electron chi connectivity index (χ3n) is 4.98. The molecule has 1 aliphatic carbocycles. The predicted octanol–water partition coefficient (Wildman–Crippen LogP) is 2.55. The molecule has 0 saturated carbocycles. The summed E-state index contributed by atoms with van der Waals surface area (Å²) in [6, 6.07) is 0. The molecule has 1 unspecified atom stereocenters. The molecule has 0 N–H and O–H groups in total. The van der Waals surface area contributed by atoms with Crippen molar-refractivity contribution >= 4 is 17.9 Å². The topological polar surface area (TPSA) is 78.9 Å². The van der Waals surface area contributed by atoms with Gasteiger partial charge in [-0.3, -0.25) is 0 Å². The molecule has 2 heterocycles. The lowest BCUT2D eigenvalue weighted by molar-refractivity contribution is -0.148. The summed E-state index contributed by atoms with van der Waals surface area (Å²) >= 11 is 0. The summed E-state index contributed by atoms with van der Waals surface area (Å²) in [4.78, 5) is 36.6. The summed E-state index contributed by atoms with van der Waals surface area (Å²) in [7, 11) is 0. The molecule has 6 nitrogen and oxygen atoms in total. The molecule has 0 amide bonds. The lowest BCUT2D eigenvalue weighted by atomic mass is 9.85. The van der Waals surface area contributed by atoms with E-state index in [0.717, 1.165) is 5.57 Å². The number of esters is 3. The summed E-state index contributed by atoms with van der Waals surface area (Å²) < 4.78 is 16.5. The van der Waals surface area contributed by atoms with Crippen LogP contribution in [0.3, 0.4) is 0 Å². The van der Waals surface area contributed by atoms with Crippen LogP contribution in [-0.4, -0.2) is 36.2 Å². The maximum Gasteiger partial charge on any atom is 0.334 e. The van der Waals surface area contributed by atoms with Gasteiger partial charge in [-0.25, -0.2) is 14.4 Å². The van der Waals surface area contributed by atoms with E-state index < -0.39 is 36.0 Å². The molecule has 138 valence electrons. The van der Waals surface area contributed by atoms with Crippen molar-refractivity contribution in [2.45, 2.75) is 51.9 Å². The molecule has 2 bridgehead atoms. The van der Waals surface area contributed by atoms with Gasteiger partial charge in [0.05, 0.1) is 5.92 Å². The highest BCUT2D eigenvalue weighted by molar-refractivity contribution is 5.93. The van der Waals surface area contributed by atoms with Gasteiger partial charge in [0.15, 0.2) is 0 Å². The van der Waals surface area contributed by atoms with Crippen molar-refractivity contribution in [3.8, 4) is 0 Å². The Labute approximate surface area is 152 Å². The molecule has 1 saturated heterocycles. The molecule has 26 heavy (non-hydrogen) atoms. The van der Waals surface area contributed by atoms with E-state index in [9.17, 15) is 14.4 Å². The second kappa shape index (κ2) is 6.94. The summed E-state index contributed by atoms with van der Waals surface area (Å²) in [6.07, 6.45) is 4.26. The van der Waals surface area contributed by atoms with Gasteiger partial charge in [-0.2, -0.15) is 0 Å². The van der Waals surface area contributed by atoms with Gasteiger partial charge in [0.25, 0.3) is 0 Å². The molecule has 3 rings (SSSR count). The third kappa shape index (κ3) is 3.36. The first-order chi connectivity index (χ1) is 12.3. The predicted molar refractivity (Wildman–Crippen MR) is 92.8 cm³/mol. The molecule has 0 aromatic rings. The van der Waals surface area contributed by atoms with E-state index in [1.807, 2.05) is 13.0 Å². The van der Waals surface area contributed by atoms with Gasteiger partial charge in [-0.15, -0.1) is 0 Å². The number of fused-ring (bicyclic) bond motifs is 2. The molecule has 3 aliphatic rings. The van der Waals surface area contributed by atoms with E-state index in [4.69, 9.17) is 14.2 Å². The zero-order valence-corrected chi connectivity index (χ0v) is 15.1. The average Bonchev–Trinajstić information content (AvgIpc) is 3.04. The number of allylic oxidation sites excluding steroid dienone is 1. The second-order valence-electron chi connectivity index (χ2n) is 6.89. The van der Waals surface area contributed by atoms with Crippen molar-refractivity contribution in [3.05, 3.63) is 47.1 Å². The van der Waals surface area contributed by atoms with Gasteiger partial charge >= 0.3 is 17.9 Å². The lowest BCUT2D eigenvalue weighted by Gasteiger charge is -2.26. The van der Waals surface area contributed by atoms with Crippen molar-refractivity contribution in [2.24, 2.45) is 5.92 Å². The molecule has 6 heteroatoms. The number of rotatable bonds is 2. The van der Waals surface area contributed by atoms with Gasteiger partial charge in [0.1, 0.15) is 18.3 Å². The minimum atomic E-state index is -0.749. The number of carbonyl (C=O) groups is 3. The van der Waals surface area contributed by atoms with E-state index in [0.29, 0.717) is 17.6 Å². The van der Waals surface area contributed by atoms with Crippen molar-refractivity contribution in [3.63, 3.8) is 0 Å². The zero-order chi connectivity index (χ0) is 19.0. The van der Waals surface area contributed by atoms with Crippen molar-refractivity contribution in [2.75, 3.05) is 0 Å². The van der Waals surface area contributed by atoms with E-state index in [2.05, 4.69) is 6.58 Å². The SMILES string of the molecule is C=C1C(=O)O[C@@H]2/C=C(/C)C[C@H]3C=C(C[C@H](OC(=O)/C(C)=C/C)C12)C(=O)O3. The molecular weight excluding hydrogens is 336 g/mol. The Balaban J connectivity index is 2.00. The van der Waals surface area contributed by atoms with Crippen LogP contribution in [0.5, 0.6) is 0 Å². The van der Waals surface area contributed by atoms with Crippen molar-refractivity contribution in [1.29, 1.82) is 0 Å². The number of hydrogen-bond donors (Lipinski definition) is 0. The average molecular weight is 358 g/mol. The molecule has 0 aromatic heterocycles. The highest BCUT2D eigenvalue weighted by Gasteiger charge is 2.46. The normalized spacial score (nSPS) is 33.5. The Bertz CT molecular complexity index is 769. The van der Waals surface area contributed by atoms with Crippen LogP contribution < -0.4 is 0 Å². The van der Waals surface area contributed by atoms with Gasteiger partial charge < -0.3 is 14.2 Å². The highest BCUT2D eigenvalue weighted by Crippen LogP contribution is 2.38. The van der Waals surface area contributed by atoms with Crippen LogP contribution in [-0.2, 0) is 28.6 Å². The minimum Gasteiger partial charge on any atom is -0.458 e. The van der Waals surface area contributed by atoms with E-state index in [1.54, 1.807) is 26.0 Å². The summed E-state index contributed by atoms with van der Waals surface area (Å²) in [6.45, 7) is 9.10. The quantitative estimate of drug-likeness (QED) is 0.327. The monoisotopic (exact) mass is 358 g/mol. The summed E-state index contributed by atoms with van der Waals surface area (Å²) in [5.41, 5.74) is 2.07. The van der Waals surface area contributed by atoms with Crippen molar-refractivity contribution in [1.82, 2.24) is 0 Å². The van der Waals surface area contributed by atoms with Gasteiger partial charge in [0, 0.05) is 29.6 Å². The molecule has 1 fully saturated rings. The van der Waals surface area contributed by atoms with E-state index in [-0.39, 0.29) is 18.1 Å². The van der Waals surface area contributed by atoms with Gasteiger partial charge in [-0.1, -0.05) is 18.2 Å².